The maximum Gasteiger partial charge on any atom is 0.252 e. The first-order chi connectivity index (χ1) is 9.33. The Labute approximate surface area is 161 Å². The van der Waals surface area contributed by atoms with Gasteiger partial charge in [0.1, 0.15) is 24.8 Å². The molecule has 2 aromatic heterocycles. The van der Waals surface area contributed by atoms with Crippen molar-refractivity contribution in [3.05, 3.63) is 37.4 Å². The van der Waals surface area contributed by atoms with Crippen LogP contribution >= 0.6 is 0 Å². The molecule has 120 valence electrons. The van der Waals surface area contributed by atoms with E-state index >= 15 is 0 Å². The Bertz CT molecular complexity index is 410. The number of halogens is 2. The van der Waals surface area contributed by atoms with Crippen molar-refractivity contribution < 1.29 is 57.1 Å². The number of hydrogen-bond acceptors (Lipinski definition) is 0. The topological polar surface area (TPSA) is 39.3 Å². The van der Waals surface area contributed by atoms with Gasteiger partial charge < -0.3 is 48.0 Å². The van der Waals surface area contributed by atoms with Crippen LogP contribution in [0.1, 0.15) is 52.4 Å². The molecule has 2 N–H and O–H groups in total. The van der Waals surface area contributed by atoms with E-state index < -0.39 is 0 Å². The Morgan fingerprint density at radius 3 is 1.52 bits per heavy atom. The molecule has 2 rings (SSSR count). The first-order valence-corrected chi connectivity index (χ1v) is 7.42. The molecule has 4 nitrogen and oxygen atoms in total. The number of aromatic nitrogens is 4. The number of nitrogens with zero attached hydrogens (tertiary/aromatic N) is 2. The first kappa shape index (κ1) is 20.9. The molecule has 6 heteroatoms. The van der Waals surface area contributed by atoms with E-state index in [-0.39, 0.29) is 53.6 Å². The highest BCUT2D eigenvalue weighted by Crippen LogP contribution is 2.21. The summed E-state index contributed by atoms with van der Waals surface area (Å²) in [6.45, 7) is 4.52. The lowest BCUT2D eigenvalue weighted by Gasteiger charge is -2.27. The molecule has 0 aliphatic rings. The summed E-state index contributed by atoms with van der Waals surface area (Å²) in [5.74, 6) is 0. The van der Waals surface area contributed by atoms with Gasteiger partial charge in [-0.1, -0.05) is 26.7 Å². The summed E-state index contributed by atoms with van der Waals surface area (Å²) in [7, 11) is 0. The molecule has 0 saturated carbocycles. The van der Waals surface area contributed by atoms with Crippen molar-refractivity contribution in [2.45, 2.75) is 58.0 Å². The summed E-state index contributed by atoms with van der Waals surface area (Å²) >= 11 is 0. The second-order valence-corrected chi connectivity index (χ2v) is 5.23. The van der Waals surface area contributed by atoms with E-state index in [9.17, 15) is 0 Å². The quantitative estimate of drug-likeness (QED) is 0.271. The lowest BCUT2D eigenvalue weighted by Crippen LogP contribution is -3.00. The Morgan fingerprint density at radius 1 is 0.810 bits per heavy atom. The van der Waals surface area contributed by atoms with Gasteiger partial charge in [0, 0.05) is 12.8 Å². The molecular weight excluding hydrogens is 490 g/mol. The van der Waals surface area contributed by atoms with E-state index in [0.717, 1.165) is 12.8 Å². The van der Waals surface area contributed by atoms with Crippen LogP contribution < -0.4 is 57.1 Å². The van der Waals surface area contributed by atoms with E-state index in [1.807, 2.05) is 12.4 Å². The zero-order valence-corrected chi connectivity index (χ0v) is 17.2. The highest BCUT2D eigenvalue weighted by Gasteiger charge is 2.41. The third kappa shape index (κ3) is 4.94. The molecular formula is C15H26I2N4. The summed E-state index contributed by atoms with van der Waals surface area (Å²) in [6.07, 6.45) is 19.7. The highest BCUT2D eigenvalue weighted by atomic mass is 127. The molecule has 2 heterocycles. The predicted molar refractivity (Wildman–Crippen MR) is 74.4 cm³/mol. The highest BCUT2D eigenvalue weighted by molar-refractivity contribution is 4.69. The third-order valence-corrected chi connectivity index (χ3v) is 3.91. The zero-order valence-electron chi connectivity index (χ0n) is 12.9. The SMILES string of the molecule is CCCCC(CCCC)([n+]1cc[nH]c1)[n+]1cc[nH]c1.[I-].[I-]. The van der Waals surface area contributed by atoms with Crippen LogP contribution in [-0.4, -0.2) is 9.97 Å². The molecule has 0 fully saturated rings. The molecule has 21 heavy (non-hydrogen) atoms. The Kier molecular flexibility index (Phi) is 10.5. The van der Waals surface area contributed by atoms with Gasteiger partial charge >= 0.3 is 0 Å². The zero-order chi connectivity index (χ0) is 13.6. The van der Waals surface area contributed by atoms with Gasteiger partial charge in [0.25, 0.3) is 5.66 Å². The molecule has 0 radical (unpaired) electrons. The van der Waals surface area contributed by atoms with Crippen molar-refractivity contribution in [2.75, 3.05) is 0 Å². The maximum atomic E-state index is 3.19. The lowest BCUT2D eigenvalue weighted by atomic mass is 9.95. The molecule has 0 aliphatic heterocycles. The summed E-state index contributed by atoms with van der Waals surface area (Å²) in [4.78, 5) is 6.38. The minimum atomic E-state index is 0. The fraction of sp³-hybridized carbons (Fsp3) is 0.600. The van der Waals surface area contributed by atoms with E-state index in [1.54, 1.807) is 0 Å². The van der Waals surface area contributed by atoms with E-state index in [0.29, 0.717) is 0 Å². The van der Waals surface area contributed by atoms with Gasteiger partial charge in [-0.3, -0.25) is 9.97 Å². The average Bonchev–Trinajstić information content (AvgIpc) is 3.12. The number of unbranched alkanes of at least 4 members (excludes halogenated alkanes) is 2. The Balaban J connectivity index is 0.00000200. The van der Waals surface area contributed by atoms with E-state index in [2.05, 4.69) is 58.0 Å². The van der Waals surface area contributed by atoms with Crippen molar-refractivity contribution in [3.63, 3.8) is 0 Å². The van der Waals surface area contributed by atoms with Gasteiger partial charge in [0.2, 0.25) is 12.7 Å². The van der Waals surface area contributed by atoms with Crippen molar-refractivity contribution in [2.24, 2.45) is 0 Å². The number of rotatable bonds is 8. The normalized spacial score (nSPS) is 10.8. The van der Waals surface area contributed by atoms with Crippen LogP contribution in [0.2, 0.25) is 0 Å². The monoisotopic (exact) mass is 516 g/mol. The second kappa shape index (κ2) is 10.6. The fourth-order valence-corrected chi connectivity index (χ4v) is 2.79. The van der Waals surface area contributed by atoms with Crippen LogP contribution in [0.3, 0.4) is 0 Å². The van der Waals surface area contributed by atoms with Crippen LogP contribution in [0, 0.1) is 0 Å². The van der Waals surface area contributed by atoms with Crippen LogP contribution in [-0.2, 0) is 5.66 Å². The molecule has 0 unspecified atom stereocenters. The van der Waals surface area contributed by atoms with Crippen LogP contribution in [0.25, 0.3) is 0 Å². The van der Waals surface area contributed by atoms with Gasteiger partial charge in [0.05, 0.1) is 0 Å². The van der Waals surface area contributed by atoms with E-state index in [1.165, 1.54) is 25.7 Å². The minimum absolute atomic E-state index is 0. The number of aromatic amines is 2. The molecule has 0 saturated heterocycles. The molecule has 2 aromatic rings. The summed E-state index contributed by atoms with van der Waals surface area (Å²) in [5, 5.41) is 0. The lowest BCUT2D eigenvalue weighted by molar-refractivity contribution is -0.996. The molecule has 0 aromatic carbocycles. The van der Waals surface area contributed by atoms with Crippen LogP contribution in [0.5, 0.6) is 0 Å². The molecule has 0 bridgehead atoms. The summed E-state index contributed by atoms with van der Waals surface area (Å²) in [6, 6.07) is 0. The van der Waals surface area contributed by atoms with Gasteiger partial charge in [-0.2, -0.15) is 9.13 Å². The second-order valence-electron chi connectivity index (χ2n) is 5.23. The Hall–Kier alpha value is -0.120. The van der Waals surface area contributed by atoms with E-state index in [4.69, 9.17) is 0 Å². The first-order valence-electron chi connectivity index (χ1n) is 7.42. The largest absolute Gasteiger partial charge is 1.00 e. The number of imidazole rings is 2. The summed E-state index contributed by atoms with van der Waals surface area (Å²) < 4.78 is 4.65. The van der Waals surface area contributed by atoms with Crippen LogP contribution in [0.4, 0.5) is 0 Å². The predicted octanol–water partition coefficient (Wildman–Crippen LogP) is -3.49. The molecule has 0 amide bonds. The maximum absolute atomic E-state index is 3.19. The molecule has 0 aliphatic carbocycles. The molecule has 0 spiro atoms. The minimum Gasteiger partial charge on any atom is -1.00 e. The standard InChI is InChI=1S/C15H24N4.2HI/c1-3-5-7-15(8-6-4-2,18-11-9-16-13-18)19-12-10-17-14-19;;/h9-14H,3-8H2,1-2H3;2*1H. The number of H-pyrrole nitrogens is 2. The smallest absolute Gasteiger partial charge is 0.252 e. The van der Waals surface area contributed by atoms with Crippen molar-refractivity contribution in [1.29, 1.82) is 0 Å². The number of nitrogens with one attached hydrogen (secondary N) is 2. The third-order valence-electron chi connectivity index (χ3n) is 3.91. The van der Waals surface area contributed by atoms with Gasteiger partial charge in [0.15, 0.2) is 0 Å². The fourth-order valence-electron chi connectivity index (χ4n) is 2.79. The average molecular weight is 516 g/mol. The van der Waals surface area contributed by atoms with Gasteiger partial charge in [-0.25, -0.2) is 0 Å². The van der Waals surface area contributed by atoms with Crippen molar-refractivity contribution in [1.82, 2.24) is 9.97 Å². The van der Waals surface area contributed by atoms with Gasteiger partial charge in [-0.15, -0.1) is 0 Å². The summed E-state index contributed by atoms with van der Waals surface area (Å²) in [5.41, 5.74) is 0.0199. The van der Waals surface area contributed by atoms with Gasteiger partial charge in [-0.05, 0) is 12.8 Å². The Morgan fingerprint density at radius 2 is 1.24 bits per heavy atom. The molecule has 0 atom stereocenters. The van der Waals surface area contributed by atoms with Crippen LogP contribution in [0.15, 0.2) is 37.4 Å². The number of hydrogen-bond donors (Lipinski definition) is 2. The van der Waals surface area contributed by atoms with Crippen molar-refractivity contribution >= 4 is 0 Å². The van der Waals surface area contributed by atoms with Crippen molar-refractivity contribution in [3.8, 4) is 0 Å².